The van der Waals surface area contributed by atoms with Crippen LogP contribution in [-0.2, 0) is 4.79 Å². The van der Waals surface area contributed by atoms with Gasteiger partial charge in [-0.1, -0.05) is 30.7 Å². The molecule has 2 unspecified atom stereocenters. The van der Waals surface area contributed by atoms with Crippen LogP contribution in [0.5, 0.6) is 0 Å². The molecule has 3 aromatic rings. The summed E-state index contributed by atoms with van der Waals surface area (Å²) in [7, 11) is 1.88. The second kappa shape index (κ2) is 7.72. The van der Waals surface area contributed by atoms with Crippen LogP contribution in [-0.4, -0.2) is 22.9 Å². The molecule has 2 heterocycles. The Bertz CT molecular complexity index is 1050. The van der Waals surface area contributed by atoms with E-state index in [2.05, 4.69) is 34.3 Å². The maximum atomic E-state index is 13.5. The first kappa shape index (κ1) is 19.2. The zero-order chi connectivity index (χ0) is 20.5. The van der Waals surface area contributed by atoms with E-state index in [-0.39, 0.29) is 23.6 Å². The number of amides is 1. The van der Waals surface area contributed by atoms with Crippen molar-refractivity contribution in [1.82, 2.24) is 9.97 Å². The van der Waals surface area contributed by atoms with Crippen LogP contribution in [0.3, 0.4) is 0 Å². The summed E-state index contributed by atoms with van der Waals surface area (Å²) in [6.45, 7) is 2.08. The van der Waals surface area contributed by atoms with Crippen molar-refractivity contribution in [3.05, 3.63) is 71.1 Å². The zero-order valence-electron chi connectivity index (χ0n) is 16.3. The molecule has 1 amide bonds. The Labute approximate surface area is 174 Å². The summed E-state index contributed by atoms with van der Waals surface area (Å²) >= 11 is 6.05. The molecule has 148 valence electrons. The van der Waals surface area contributed by atoms with Crippen LogP contribution in [0.2, 0.25) is 5.02 Å². The molecule has 0 radical (unpaired) electrons. The highest BCUT2D eigenvalue weighted by molar-refractivity contribution is 6.30. The van der Waals surface area contributed by atoms with Crippen molar-refractivity contribution in [2.45, 2.75) is 25.2 Å². The summed E-state index contributed by atoms with van der Waals surface area (Å²) in [5, 5.41) is 3.76. The zero-order valence-corrected chi connectivity index (χ0v) is 17.0. The fraction of sp³-hybridized carbons (Fsp3) is 0.227. The van der Waals surface area contributed by atoms with Gasteiger partial charge in [0.1, 0.15) is 12.0 Å². The van der Waals surface area contributed by atoms with Crippen molar-refractivity contribution >= 4 is 40.4 Å². The van der Waals surface area contributed by atoms with Gasteiger partial charge in [0.2, 0.25) is 5.91 Å². The second-order valence-corrected chi connectivity index (χ2v) is 7.61. The van der Waals surface area contributed by atoms with Gasteiger partial charge in [-0.25, -0.2) is 9.97 Å². The number of nitrogen functional groups attached to an aromatic ring is 1. The highest BCUT2D eigenvalue weighted by Crippen LogP contribution is 2.46. The van der Waals surface area contributed by atoms with Crippen molar-refractivity contribution < 1.29 is 4.79 Å². The second-order valence-electron chi connectivity index (χ2n) is 7.17. The van der Waals surface area contributed by atoms with E-state index in [9.17, 15) is 4.79 Å². The van der Waals surface area contributed by atoms with Crippen LogP contribution >= 0.6 is 11.6 Å². The molecule has 0 bridgehead atoms. The van der Waals surface area contributed by atoms with E-state index in [1.54, 1.807) is 17.0 Å². The Morgan fingerprint density at radius 3 is 2.66 bits per heavy atom. The van der Waals surface area contributed by atoms with Gasteiger partial charge in [0.25, 0.3) is 0 Å². The molecule has 3 N–H and O–H groups in total. The standard InChI is InChI=1S/C22H22ClN5O/c1-13-18(14-4-3-5-16(10-14)25-2)11-19(29)28(17-8-6-15(23)7-9-17)21-20(13)26-12-27-22(21)24/h3-10,12-13,18,25H,11H2,1-2H3,(H2,24,26,27). The van der Waals surface area contributed by atoms with Crippen molar-refractivity contribution in [3.8, 4) is 0 Å². The predicted octanol–water partition coefficient (Wildman–Crippen LogP) is 4.71. The molecular weight excluding hydrogens is 386 g/mol. The highest BCUT2D eigenvalue weighted by atomic mass is 35.5. The third-order valence-electron chi connectivity index (χ3n) is 5.47. The number of rotatable bonds is 3. The minimum atomic E-state index is -0.0562. The normalized spacial score (nSPS) is 18.9. The molecule has 0 fully saturated rings. The number of nitrogens with zero attached hydrogens (tertiary/aromatic N) is 3. The van der Waals surface area contributed by atoms with Gasteiger partial charge < -0.3 is 11.1 Å². The van der Waals surface area contributed by atoms with E-state index in [0.717, 1.165) is 16.9 Å². The number of carbonyl (C=O) groups excluding carboxylic acids is 1. The fourth-order valence-electron chi connectivity index (χ4n) is 3.94. The van der Waals surface area contributed by atoms with Gasteiger partial charge in [0.05, 0.1) is 5.69 Å². The average Bonchev–Trinajstić information content (AvgIpc) is 2.84. The number of hydrogen-bond acceptors (Lipinski definition) is 5. The summed E-state index contributed by atoms with van der Waals surface area (Å²) < 4.78 is 0. The minimum absolute atomic E-state index is 0.0244. The summed E-state index contributed by atoms with van der Waals surface area (Å²) in [5.41, 5.74) is 10.3. The van der Waals surface area contributed by atoms with Crippen LogP contribution in [0.1, 0.15) is 36.4 Å². The lowest BCUT2D eigenvalue weighted by Gasteiger charge is -2.24. The van der Waals surface area contributed by atoms with Crippen LogP contribution in [0.4, 0.5) is 22.9 Å². The van der Waals surface area contributed by atoms with Gasteiger partial charge in [-0.15, -0.1) is 0 Å². The van der Waals surface area contributed by atoms with Crippen molar-refractivity contribution in [2.75, 3.05) is 23.0 Å². The first-order valence-corrected chi connectivity index (χ1v) is 9.84. The number of carbonyl (C=O) groups is 1. The summed E-state index contributed by atoms with van der Waals surface area (Å²) in [4.78, 5) is 23.8. The number of fused-ring (bicyclic) bond motifs is 1. The molecule has 0 saturated carbocycles. The molecule has 6 nitrogen and oxygen atoms in total. The first-order chi connectivity index (χ1) is 14.0. The van der Waals surface area contributed by atoms with Crippen LogP contribution in [0, 0.1) is 0 Å². The van der Waals surface area contributed by atoms with Crippen molar-refractivity contribution in [3.63, 3.8) is 0 Å². The third-order valence-corrected chi connectivity index (χ3v) is 5.72. The monoisotopic (exact) mass is 407 g/mol. The van der Waals surface area contributed by atoms with Crippen LogP contribution in [0.15, 0.2) is 54.9 Å². The fourth-order valence-corrected chi connectivity index (χ4v) is 4.06. The molecule has 0 spiro atoms. The number of halogens is 1. The van der Waals surface area contributed by atoms with Gasteiger partial charge >= 0.3 is 0 Å². The van der Waals surface area contributed by atoms with E-state index in [1.807, 2.05) is 31.3 Å². The molecule has 2 aromatic carbocycles. The molecule has 1 aliphatic rings. The summed E-state index contributed by atoms with van der Waals surface area (Å²) in [5.74, 6) is 0.166. The van der Waals surface area contributed by atoms with Gasteiger partial charge in [-0.3, -0.25) is 9.69 Å². The first-order valence-electron chi connectivity index (χ1n) is 9.46. The quantitative estimate of drug-likeness (QED) is 0.656. The lowest BCUT2D eigenvalue weighted by Crippen LogP contribution is -2.27. The number of benzene rings is 2. The molecule has 7 heteroatoms. The van der Waals surface area contributed by atoms with Crippen LogP contribution in [0.25, 0.3) is 0 Å². The maximum absolute atomic E-state index is 13.5. The van der Waals surface area contributed by atoms with E-state index in [1.165, 1.54) is 6.33 Å². The van der Waals surface area contributed by atoms with E-state index < -0.39 is 0 Å². The number of nitrogens with two attached hydrogens (primary N) is 1. The third kappa shape index (κ3) is 3.51. The van der Waals surface area contributed by atoms with Crippen molar-refractivity contribution in [2.24, 2.45) is 0 Å². The molecular formula is C22H22ClN5O. The molecule has 0 aliphatic carbocycles. The molecule has 4 rings (SSSR count). The minimum Gasteiger partial charge on any atom is -0.388 e. The van der Waals surface area contributed by atoms with Gasteiger partial charge in [-0.2, -0.15) is 0 Å². The number of hydrogen-bond donors (Lipinski definition) is 2. The molecule has 0 saturated heterocycles. The molecule has 2 atom stereocenters. The lowest BCUT2D eigenvalue weighted by atomic mass is 9.83. The maximum Gasteiger partial charge on any atom is 0.232 e. The Hall–Kier alpha value is -3.12. The average molecular weight is 408 g/mol. The Morgan fingerprint density at radius 2 is 1.93 bits per heavy atom. The Morgan fingerprint density at radius 1 is 1.17 bits per heavy atom. The number of nitrogens with one attached hydrogen (secondary N) is 1. The molecule has 1 aliphatic heterocycles. The topological polar surface area (TPSA) is 84.1 Å². The Kier molecular flexibility index (Phi) is 5.11. The largest absolute Gasteiger partial charge is 0.388 e. The predicted molar refractivity (Wildman–Crippen MR) is 117 cm³/mol. The van der Waals surface area contributed by atoms with E-state index in [0.29, 0.717) is 22.8 Å². The van der Waals surface area contributed by atoms with Gasteiger partial charge in [0.15, 0.2) is 5.82 Å². The lowest BCUT2D eigenvalue weighted by molar-refractivity contribution is -0.118. The number of anilines is 4. The Balaban J connectivity index is 1.87. The summed E-state index contributed by atoms with van der Waals surface area (Å²) in [6, 6.07) is 15.3. The summed E-state index contributed by atoms with van der Waals surface area (Å²) in [6.07, 6.45) is 1.79. The highest BCUT2D eigenvalue weighted by Gasteiger charge is 2.37. The SMILES string of the molecule is CNc1cccc(C2CC(=O)N(c3ccc(Cl)cc3)c3c(N)ncnc3C2C)c1. The van der Waals surface area contributed by atoms with E-state index in [4.69, 9.17) is 17.3 Å². The molecule has 29 heavy (non-hydrogen) atoms. The van der Waals surface area contributed by atoms with Gasteiger partial charge in [0, 0.05) is 41.7 Å². The smallest absolute Gasteiger partial charge is 0.232 e. The molecule has 1 aromatic heterocycles. The number of aromatic nitrogens is 2. The van der Waals surface area contributed by atoms with Gasteiger partial charge in [-0.05, 0) is 42.0 Å². The van der Waals surface area contributed by atoms with E-state index >= 15 is 0 Å². The van der Waals surface area contributed by atoms with Crippen molar-refractivity contribution in [1.29, 1.82) is 0 Å². The van der Waals surface area contributed by atoms with Crippen LogP contribution < -0.4 is 16.0 Å².